The fraction of sp³-hybridized carbons (Fsp3) is 0.938. The lowest BCUT2D eigenvalue weighted by atomic mass is 9.95. The van der Waals surface area contributed by atoms with Crippen LogP contribution in [0.3, 0.4) is 0 Å². The van der Waals surface area contributed by atoms with Crippen LogP contribution in [0.1, 0.15) is 6.42 Å². The van der Waals surface area contributed by atoms with E-state index in [0.29, 0.717) is 66.1 Å². The molecule has 0 aromatic heterocycles. The van der Waals surface area contributed by atoms with Gasteiger partial charge in [-0.3, -0.25) is 0 Å². The maximum absolute atomic E-state index is 6.73. The molecular weight excluding hydrogens is 791 g/mol. The monoisotopic (exact) mass is 855 g/mol. The lowest BCUT2D eigenvalue weighted by Crippen LogP contribution is -2.19. The van der Waals surface area contributed by atoms with Gasteiger partial charge < -0.3 is 79.2 Å². The van der Waals surface area contributed by atoms with Gasteiger partial charge in [-0.05, 0) is 6.42 Å². The molecule has 0 aliphatic carbocycles. The molecule has 0 spiro atoms. The Morgan fingerprint density at radius 1 is 0.418 bits per heavy atom. The van der Waals surface area contributed by atoms with Gasteiger partial charge in [0.05, 0.1) is 151 Å². The highest BCUT2D eigenvalue weighted by molar-refractivity contribution is 7.78. The first-order valence-corrected chi connectivity index (χ1v) is 23.0. The maximum atomic E-state index is 6.73. The third-order valence-electron chi connectivity index (χ3n) is 7.58. The number of hydrogen-bond donors (Lipinski definition) is 0. The van der Waals surface area contributed by atoms with Gasteiger partial charge in [0, 0.05) is 41.5 Å². The summed E-state index contributed by atoms with van der Waals surface area (Å²) in [7, 11) is -3.12. The molecule has 4 unspecified atom stereocenters. The highest BCUT2D eigenvalue weighted by atomic mass is 31.3. The van der Waals surface area contributed by atoms with Crippen LogP contribution >= 0.6 is 23.0 Å². The topological polar surface area (TPSA) is 194 Å². The van der Waals surface area contributed by atoms with Crippen molar-refractivity contribution in [3.63, 3.8) is 0 Å². The summed E-state index contributed by atoms with van der Waals surface area (Å²) in [5.41, 5.74) is 0. The SMILES string of the molecule is COCCOCCOP1(OCCOCCOC)=NP(OCCOCCOC)(OCCOCCOC)=NP(OCCOCCOC)(OCC2CC3C=CC2O3)=N1. The van der Waals surface area contributed by atoms with E-state index in [2.05, 4.69) is 12.2 Å². The van der Waals surface area contributed by atoms with Gasteiger partial charge in [0.25, 0.3) is 0 Å². The van der Waals surface area contributed by atoms with Crippen molar-refractivity contribution >= 4 is 23.0 Å². The number of hydrogen-bond acceptors (Lipinski definition) is 20. The van der Waals surface area contributed by atoms with E-state index in [1.807, 2.05) is 0 Å². The Morgan fingerprint density at radius 3 is 1.00 bits per heavy atom. The number of methoxy groups -OCH3 is 5. The van der Waals surface area contributed by atoms with Crippen LogP contribution in [0.2, 0.25) is 0 Å². The fourth-order valence-electron chi connectivity index (χ4n) is 4.92. The molecule has 0 saturated carbocycles. The zero-order valence-electron chi connectivity index (χ0n) is 33.1. The second-order valence-electron chi connectivity index (χ2n) is 11.7. The van der Waals surface area contributed by atoms with Crippen LogP contribution in [0.25, 0.3) is 0 Å². The predicted octanol–water partition coefficient (Wildman–Crippen LogP) is 4.60. The van der Waals surface area contributed by atoms with Gasteiger partial charge in [-0.25, -0.2) is 0 Å². The third-order valence-corrected chi connectivity index (χ3v) is 16.1. The molecule has 0 aromatic rings. The molecule has 0 amide bonds. The van der Waals surface area contributed by atoms with Crippen LogP contribution in [-0.2, 0) is 79.2 Å². The summed E-state index contributed by atoms with van der Waals surface area (Å²) in [6.45, 7) is 5.45. The van der Waals surface area contributed by atoms with E-state index < -0.39 is 23.0 Å². The zero-order chi connectivity index (χ0) is 39.3. The largest absolute Gasteiger partial charge is 0.382 e. The molecule has 1 saturated heterocycles. The van der Waals surface area contributed by atoms with E-state index in [9.17, 15) is 0 Å². The molecule has 0 aromatic carbocycles. The van der Waals surface area contributed by atoms with Crippen molar-refractivity contribution in [1.82, 2.24) is 0 Å². The van der Waals surface area contributed by atoms with E-state index in [1.165, 1.54) is 0 Å². The first-order valence-electron chi connectivity index (χ1n) is 18.4. The fourth-order valence-corrected chi connectivity index (χ4v) is 14.4. The van der Waals surface area contributed by atoms with Gasteiger partial charge in [0.2, 0.25) is 0 Å². The Bertz CT molecular complexity index is 1130. The van der Waals surface area contributed by atoms with Crippen molar-refractivity contribution in [1.29, 1.82) is 0 Å². The number of rotatable bonds is 38. The van der Waals surface area contributed by atoms with Crippen LogP contribution in [-0.4, -0.2) is 187 Å². The molecule has 0 N–H and O–H groups in total. The van der Waals surface area contributed by atoms with Gasteiger partial charge in [0.15, 0.2) is 0 Å². The predicted molar refractivity (Wildman–Crippen MR) is 203 cm³/mol. The van der Waals surface area contributed by atoms with Crippen LogP contribution in [0.4, 0.5) is 0 Å². The van der Waals surface area contributed by atoms with Crippen molar-refractivity contribution in [2.45, 2.75) is 18.6 Å². The first kappa shape index (κ1) is 49.1. The van der Waals surface area contributed by atoms with E-state index in [-0.39, 0.29) is 90.8 Å². The van der Waals surface area contributed by atoms with Crippen LogP contribution in [0, 0.1) is 5.92 Å². The van der Waals surface area contributed by atoms with E-state index in [1.54, 1.807) is 35.5 Å². The Morgan fingerprint density at radius 2 is 0.727 bits per heavy atom. The number of ether oxygens (including phenoxy) is 11. The highest BCUT2D eigenvalue weighted by Crippen LogP contribution is 2.80. The average Bonchev–Trinajstić information content (AvgIpc) is 3.82. The summed E-state index contributed by atoms with van der Waals surface area (Å²) < 4.78 is 115. The minimum atomic E-state index is -3.71. The average molecular weight is 856 g/mol. The summed E-state index contributed by atoms with van der Waals surface area (Å²) in [6, 6.07) is 0. The molecular formula is C32H64N3O17P3. The minimum Gasteiger partial charge on any atom is -0.382 e. The Hall–Kier alpha value is -0.250. The molecule has 324 valence electrons. The molecule has 3 aliphatic rings. The standard InChI is InChI=1S/C32H64N3O17P3/c1-36-8-13-41-18-23-46-53(47-24-19-42-14-9-37-2)33-54(48-25-20-43-15-10-38-3,49-26-21-44-16-11-39-4)35-55(34-53,50-27-22-45-17-12-40-5)51-29-30-28-31-6-7-32(30)52-31/h6-7,30-32H,8-29H2,1-5H3. The number of fused-ring (bicyclic) bond motifs is 2. The summed E-state index contributed by atoms with van der Waals surface area (Å²) in [4.78, 5) is 0. The smallest absolute Gasteiger partial charge is 0.349 e. The molecule has 23 heteroatoms. The molecule has 1 fully saturated rings. The van der Waals surface area contributed by atoms with Gasteiger partial charge in [-0.2, -0.15) is 0 Å². The summed E-state index contributed by atoms with van der Waals surface area (Å²) in [6.07, 6.45) is 4.83. The van der Waals surface area contributed by atoms with Crippen molar-refractivity contribution in [3.05, 3.63) is 12.2 Å². The number of nitrogens with zero attached hydrogens (tertiary/aromatic N) is 3. The van der Waals surface area contributed by atoms with Gasteiger partial charge in [-0.1, -0.05) is 12.2 Å². The van der Waals surface area contributed by atoms with Crippen molar-refractivity contribution in [3.8, 4) is 0 Å². The first-order chi connectivity index (χ1) is 27.0. The van der Waals surface area contributed by atoms with E-state index >= 15 is 0 Å². The van der Waals surface area contributed by atoms with Crippen molar-refractivity contribution in [2.75, 3.05) is 174 Å². The lowest BCUT2D eigenvalue weighted by Gasteiger charge is -2.34. The van der Waals surface area contributed by atoms with Gasteiger partial charge in [-0.15, -0.1) is 13.5 Å². The summed E-state index contributed by atoms with van der Waals surface area (Å²) >= 11 is 0. The van der Waals surface area contributed by atoms with Crippen LogP contribution in [0.5, 0.6) is 0 Å². The van der Waals surface area contributed by atoms with Crippen LogP contribution < -0.4 is 0 Å². The Balaban J connectivity index is 2.06. The second-order valence-corrected chi connectivity index (χ2v) is 18.4. The quantitative estimate of drug-likeness (QED) is 0.0475. The summed E-state index contributed by atoms with van der Waals surface area (Å²) in [5, 5.41) is 0. The maximum Gasteiger partial charge on any atom is 0.349 e. The van der Waals surface area contributed by atoms with Crippen molar-refractivity contribution in [2.24, 2.45) is 19.5 Å². The molecule has 2 bridgehead atoms. The third kappa shape index (κ3) is 19.6. The lowest BCUT2D eigenvalue weighted by molar-refractivity contribution is 0.0419. The molecule has 4 atom stereocenters. The second kappa shape index (κ2) is 29.9. The Kier molecular flexibility index (Phi) is 26.7. The normalized spacial score (nSPS) is 23.5. The highest BCUT2D eigenvalue weighted by Gasteiger charge is 2.45. The van der Waals surface area contributed by atoms with E-state index in [0.717, 1.165) is 6.42 Å². The van der Waals surface area contributed by atoms with Gasteiger partial charge in [0.1, 0.15) is 0 Å². The molecule has 3 heterocycles. The minimum absolute atomic E-state index is 0.0298. The Labute approximate surface area is 326 Å². The van der Waals surface area contributed by atoms with Gasteiger partial charge >= 0.3 is 23.0 Å². The van der Waals surface area contributed by atoms with Crippen LogP contribution in [0.15, 0.2) is 25.7 Å². The molecule has 20 nitrogen and oxygen atoms in total. The van der Waals surface area contributed by atoms with Crippen molar-refractivity contribution < 1.29 is 79.2 Å². The summed E-state index contributed by atoms with van der Waals surface area (Å²) in [5.74, 6) is 0.0357. The zero-order valence-corrected chi connectivity index (χ0v) is 35.7. The molecule has 0 radical (unpaired) electrons. The molecule has 55 heavy (non-hydrogen) atoms. The molecule has 3 rings (SSSR count). The molecule has 3 aliphatic heterocycles. The van der Waals surface area contributed by atoms with E-state index in [4.69, 9.17) is 92.8 Å².